The summed E-state index contributed by atoms with van der Waals surface area (Å²) in [4.78, 5) is 24.9. The predicted molar refractivity (Wildman–Crippen MR) is 85.5 cm³/mol. The van der Waals surface area contributed by atoms with Crippen LogP contribution in [0.15, 0.2) is 30.5 Å². The molecule has 2 aromatic rings. The van der Waals surface area contributed by atoms with Crippen LogP contribution < -0.4 is 10.6 Å². The van der Waals surface area contributed by atoms with Gasteiger partial charge in [0.25, 0.3) is 5.91 Å². The Balaban J connectivity index is 2.02. The van der Waals surface area contributed by atoms with Crippen molar-refractivity contribution in [2.75, 3.05) is 11.9 Å². The molecule has 22 heavy (non-hydrogen) atoms. The first kappa shape index (κ1) is 15.9. The van der Waals surface area contributed by atoms with Gasteiger partial charge in [0.05, 0.1) is 12.2 Å². The maximum absolute atomic E-state index is 12.2. The third-order valence-corrected chi connectivity index (χ3v) is 2.92. The van der Waals surface area contributed by atoms with E-state index in [2.05, 4.69) is 39.4 Å². The van der Waals surface area contributed by atoms with Crippen LogP contribution in [0.4, 0.5) is 5.82 Å². The van der Waals surface area contributed by atoms with Crippen LogP contribution in [0.1, 0.15) is 35.9 Å². The third-order valence-electron chi connectivity index (χ3n) is 2.92. The number of amides is 1. The fourth-order valence-corrected chi connectivity index (χ4v) is 1.85. The second-order valence-corrected chi connectivity index (χ2v) is 5.46. The summed E-state index contributed by atoms with van der Waals surface area (Å²) in [6.45, 7) is 7.17. The van der Waals surface area contributed by atoms with E-state index in [1.54, 1.807) is 19.2 Å². The summed E-state index contributed by atoms with van der Waals surface area (Å²) in [5.41, 5.74) is 1.16. The van der Waals surface area contributed by atoms with Crippen LogP contribution in [0.5, 0.6) is 0 Å². The van der Waals surface area contributed by atoms with E-state index in [0.29, 0.717) is 29.8 Å². The van der Waals surface area contributed by atoms with Gasteiger partial charge in [0, 0.05) is 18.8 Å². The zero-order valence-electron chi connectivity index (χ0n) is 13.1. The maximum atomic E-state index is 12.2. The molecule has 0 aliphatic heterocycles. The lowest BCUT2D eigenvalue weighted by molar-refractivity contribution is 0.0945. The standard InChI is InChI=1S/C16H21N5O/c1-11(2)9-18-15-8-14(20-12(3)21-15)16(22)19-10-13-6-4-5-7-17-13/h4-8,11H,9-10H2,1-3H3,(H,19,22)(H,18,20,21). The lowest BCUT2D eigenvalue weighted by atomic mass is 10.2. The Morgan fingerprint density at radius 3 is 2.77 bits per heavy atom. The third kappa shape index (κ3) is 4.80. The Hall–Kier alpha value is -2.50. The number of nitrogens with zero attached hydrogens (tertiary/aromatic N) is 3. The Morgan fingerprint density at radius 1 is 1.27 bits per heavy atom. The molecule has 2 N–H and O–H groups in total. The molecule has 1 amide bonds. The van der Waals surface area contributed by atoms with Crippen molar-refractivity contribution in [3.63, 3.8) is 0 Å². The first-order valence-electron chi connectivity index (χ1n) is 7.32. The van der Waals surface area contributed by atoms with Gasteiger partial charge in [-0.25, -0.2) is 9.97 Å². The van der Waals surface area contributed by atoms with E-state index in [0.717, 1.165) is 12.2 Å². The van der Waals surface area contributed by atoms with Crippen molar-refractivity contribution in [3.05, 3.63) is 47.7 Å². The number of rotatable bonds is 6. The number of carbonyl (C=O) groups is 1. The topological polar surface area (TPSA) is 79.8 Å². The van der Waals surface area contributed by atoms with Crippen LogP contribution in [-0.4, -0.2) is 27.4 Å². The second-order valence-electron chi connectivity index (χ2n) is 5.46. The first-order valence-corrected chi connectivity index (χ1v) is 7.32. The van der Waals surface area contributed by atoms with Gasteiger partial charge in [0.1, 0.15) is 17.3 Å². The second kappa shape index (κ2) is 7.49. The normalized spacial score (nSPS) is 10.5. The van der Waals surface area contributed by atoms with Crippen molar-refractivity contribution in [3.8, 4) is 0 Å². The predicted octanol–water partition coefficient (Wildman–Crippen LogP) is 2.18. The number of aromatic nitrogens is 3. The number of hydrogen-bond acceptors (Lipinski definition) is 5. The number of hydrogen-bond donors (Lipinski definition) is 2. The molecule has 0 saturated carbocycles. The van der Waals surface area contributed by atoms with E-state index in [4.69, 9.17) is 0 Å². The SMILES string of the molecule is Cc1nc(NCC(C)C)cc(C(=O)NCc2ccccn2)n1. The van der Waals surface area contributed by atoms with Gasteiger partial charge < -0.3 is 10.6 Å². The minimum Gasteiger partial charge on any atom is -0.370 e. The molecule has 6 nitrogen and oxygen atoms in total. The monoisotopic (exact) mass is 299 g/mol. The molecule has 0 aliphatic rings. The van der Waals surface area contributed by atoms with Gasteiger partial charge in [-0.1, -0.05) is 19.9 Å². The largest absolute Gasteiger partial charge is 0.370 e. The van der Waals surface area contributed by atoms with Crippen molar-refractivity contribution in [2.45, 2.75) is 27.3 Å². The number of aryl methyl sites for hydroxylation is 1. The summed E-state index contributed by atoms with van der Waals surface area (Å²) in [5.74, 6) is 1.50. The van der Waals surface area contributed by atoms with Crippen LogP contribution in [0.25, 0.3) is 0 Å². The Kier molecular flexibility index (Phi) is 5.41. The van der Waals surface area contributed by atoms with Crippen molar-refractivity contribution in [1.82, 2.24) is 20.3 Å². The zero-order valence-corrected chi connectivity index (χ0v) is 13.1. The molecule has 0 radical (unpaired) electrons. The van der Waals surface area contributed by atoms with Gasteiger partial charge in [-0.05, 0) is 25.0 Å². The summed E-state index contributed by atoms with van der Waals surface area (Å²) in [6, 6.07) is 7.26. The van der Waals surface area contributed by atoms with E-state index in [9.17, 15) is 4.79 Å². The fourth-order valence-electron chi connectivity index (χ4n) is 1.85. The molecule has 2 heterocycles. The average Bonchev–Trinajstić information content (AvgIpc) is 2.51. The summed E-state index contributed by atoms with van der Waals surface area (Å²) in [6.07, 6.45) is 1.70. The molecular formula is C16H21N5O. The summed E-state index contributed by atoms with van der Waals surface area (Å²) in [5, 5.41) is 6.03. The number of pyridine rings is 1. The number of anilines is 1. The lowest BCUT2D eigenvalue weighted by Gasteiger charge is -2.10. The smallest absolute Gasteiger partial charge is 0.270 e. The highest BCUT2D eigenvalue weighted by atomic mass is 16.1. The molecule has 0 aromatic carbocycles. The molecule has 0 saturated heterocycles. The van der Waals surface area contributed by atoms with E-state index in [-0.39, 0.29) is 5.91 Å². The Labute approximate surface area is 130 Å². The quantitative estimate of drug-likeness (QED) is 0.854. The summed E-state index contributed by atoms with van der Waals surface area (Å²) >= 11 is 0. The maximum Gasteiger partial charge on any atom is 0.270 e. The minimum absolute atomic E-state index is 0.233. The van der Waals surface area contributed by atoms with Crippen molar-refractivity contribution < 1.29 is 4.79 Å². The van der Waals surface area contributed by atoms with E-state index in [1.165, 1.54) is 0 Å². The molecule has 0 spiro atoms. The van der Waals surface area contributed by atoms with Crippen LogP contribution in [0.3, 0.4) is 0 Å². The van der Waals surface area contributed by atoms with E-state index in [1.807, 2.05) is 18.2 Å². The molecule has 2 aromatic heterocycles. The number of carbonyl (C=O) groups excluding carboxylic acids is 1. The Morgan fingerprint density at radius 2 is 2.09 bits per heavy atom. The molecule has 0 unspecified atom stereocenters. The fraction of sp³-hybridized carbons (Fsp3) is 0.375. The average molecular weight is 299 g/mol. The van der Waals surface area contributed by atoms with E-state index < -0.39 is 0 Å². The van der Waals surface area contributed by atoms with Gasteiger partial charge in [-0.3, -0.25) is 9.78 Å². The molecule has 6 heteroatoms. The molecular weight excluding hydrogens is 278 g/mol. The highest BCUT2D eigenvalue weighted by Gasteiger charge is 2.10. The van der Waals surface area contributed by atoms with Crippen molar-refractivity contribution >= 4 is 11.7 Å². The van der Waals surface area contributed by atoms with Gasteiger partial charge >= 0.3 is 0 Å². The van der Waals surface area contributed by atoms with Gasteiger partial charge in [-0.15, -0.1) is 0 Å². The van der Waals surface area contributed by atoms with Gasteiger partial charge in [0.15, 0.2) is 0 Å². The number of nitrogens with one attached hydrogen (secondary N) is 2. The van der Waals surface area contributed by atoms with Crippen molar-refractivity contribution in [2.24, 2.45) is 5.92 Å². The molecule has 0 atom stereocenters. The van der Waals surface area contributed by atoms with Gasteiger partial charge in [-0.2, -0.15) is 0 Å². The molecule has 0 aliphatic carbocycles. The molecule has 0 bridgehead atoms. The van der Waals surface area contributed by atoms with Crippen LogP contribution in [0.2, 0.25) is 0 Å². The highest BCUT2D eigenvalue weighted by Crippen LogP contribution is 2.08. The summed E-state index contributed by atoms with van der Waals surface area (Å²) < 4.78 is 0. The van der Waals surface area contributed by atoms with Crippen molar-refractivity contribution in [1.29, 1.82) is 0 Å². The lowest BCUT2D eigenvalue weighted by Crippen LogP contribution is -2.25. The van der Waals surface area contributed by atoms with Crippen LogP contribution >= 0.6 is 0 Å². The minimum atomic E-state index is -0.233. The molecule has 0 fully saturated rings. The van der Waals surface area contributed by atoms with Crippen LogP contribution in [-0.2, 0) is 6.54 Å². The summed E-state index contributed by atoms with van der Waals surface area (Å²) in [7, 11) is 0. The van der Waals surface area contributed by atoms with Crippen LogP contribution in [0, 0.1) is 12.8 Å². The van der Waals surface area contributed by atoms with Gasteiger partial charge in [0.2, 0.25) is 0 Å². The highest BCUT2D eigenvalue weighted by molar-refractivity contribution is 5.92. The zero-order chi connectivity index (χ0) is 15.9. The first-order chi connectivity index (χ1) is 10.5. The molecule has 116 valence electrons. The Bertz CT molecular complexity index is 628. The van der Waals surface area contributed by atoms with E-state index >= 15 is 0 Å². The molecule has 2 rings (SSSR count).